The normalized spacial score (nSPS) is 18.6. The second-order valence-electron chi connectivity index (χ2n) is 5.19. The smallest absolute Gasteiger partial charge is 0.303 e. The number of nitrogens with two attached hydrogens (primary N) is 1. The molecule has 1 aliphatic rings. The Morgan fingerprint density at radius 2 is 2.05 bits per heavy atom. The lowest BCUT2D eigenvalue weighted by molar-refractivity contribution is -0.136. The number of carbonyl (C=O) groups is 1. The molecule has 3 N–H and O–H groups in total. The Kier molecular flexibility index (Phi) is 6.03. The average Bonchev–Trinajstić information content (AvgIpc) is 2.76. The van der Waals surface area contributed by atoms with E-state index in [0.717, 1.165) is 17.6 Å². The lowest BCUT2D eigenvalue weighted by atomic mass is 10.0. The first-order valence-electron chi connectivity index (χ1n) is 7.34. The highest BCUT2D eigenvalue weighted by atomic mass is 16.7. The van der Waals surface area contributed by atoms with Crippen LogP contribution >= 0.6 is 0 Å². The first-order chi connectivity index (χ1) is 10.6. The van der Waals surface area contributed by atoms with Crippen LogP contribution in [0.2, 0.25) is 0 Å². The SMILES string of the molecule is NC(CCC1OC=CC(CCC(=O)O)=CO1)c1ccccc1. The number of carboxylic acid groups (broad SMARTS) is 1. The Bertz CT molecular complexity index is 539. The van der Waals surface area contributed by atoms with Crippen molar-refractivity contribution in [2.24, 2.45) is 5.73 Å². The molecule has 5 nitrogen and oxygen atoms in total. The van der Waals surface area contributed by atoms with Crippen molar-refractivity contribution < 1.29 is 19.4 Å². The van der Waals surface area contributed by atoms with Crippen molar-refractivity contribution >= 4 is 5.97 Å². The van der Waals surface area contributed by atoms with E-state index in [9.17, 15) is 4.79 Å². The van der Waals surface area contributed by atoms with Crippen molar-refractivity contribution in [3.63, 3.8) is 0 Å². The first kappa shape index (κ1) is 16.1. The van der Waals surface area contributed by atoms with Crippen LogP contribution in [0.3, 0.4) is 0 Å². The molecule has 1 aromatic carbocycles. The molecular weight excluding hydrogens is 282 g/mol. The Labute approximate surface area is 130 Å². The van der Waals surface area contributed by atoms with Crippen molar-refractivity contribution in [3.8, 4) is 0 Å². The minimum absolute atomic E-state index is 0.0592. The Morgan fingerprint density at radius 3 is 2.77 bits per heavy atom. The Hall–Kier alpha value is -2.27. The molecule has 1 heterocycles. The van der Waals surface area contributed by atoms with Gasteiger partial charge in [-0.2, -0.15) is 0 Å². The highest BCUT2D eigenvalue weighted by Crippen LogP contribution is 2.20. The molecule has 0 aromatic heterocycles. The molecule has 1 aliphatic heterocycles. The number of benzene rings is 1. The standard InChI is InChI=1S/C17H21NO4/c18-15(14-4-2-1-3-5-14)7-9-17-21-11-10-13(12-22-17)6-8-16(19)20/h1-5,10-12,15,17H,6-9,18H2,(H,19,20). The van der Waals surface area contributed by atoms with E-state index >= 15 is 0 Å². The summed E-state index contributed by atoms with van der Waals surface area (Å²) in [5.74, 6) is -0.829. The summed E-state index contributed by atoms with van der Waals surface area (Å²) < 4.78 is 11.0. The lowest BCUT2D eigenvalue weighted by Gasteiger charge is -2.18. The first-order valence-corrected chi connectivity index (χ1v) is 7.34. The highest BCUT2D eigenvalue weighted by molar-refractivity contribution is 5.67. The molecule has 118 valence electrons. The van der Waals surface area contributed by atoms with Gasteiger partial charge in [0.1, 0.15) is 0 Å². The molecule has 0 bridgehead atoms. The summed E-state index contributed by atoms with van der Waals surface area (Å²) in [5, 5.41) is 8.68. The number of aliphatic carboxylic acids is 1. The zero-order valence-corrected chi connectivity index (χ0v) is 12.4. The number of rotatable bonds is 7. The average molecular weight is 303 g/mol. The number of hydrogen-bond acceptors (Lipinski definition) is 4. The highest BCUT2D eigenvalue weighted by Gasteiger charge is 2.14. The fourth-order valence-electron chi connectivity index (χ4n) is 2.16. The third-order valence-corrected chi connectivity index (χ3v) is 3.45. The summed E-state index contributed by atoms with van der Waals surface area (Å²) in [6.45, 7) is 0. The van der Waals surface area contributed by atoms with E-state index < -0.39 is 12.3 Å². The quantitative estimate of drug-likeness (QED) is 0.809. The fraction of sp³-hybridized carbons (Fsp3) is 0.353. The van der Waals surface area contributed by atoms with Gasteiger partial charge in [-0.3, -0.25) is 4.79 Å². The predicted molar refractivity (Wildman–Crippen MR) is 82.7 cm³/mol. The molecule has 5 heteroatoms. The van der Waals surface area contributed by atoms with Crippen LogP contribution in [0.5, 0.6) is 0 Å². The van der Waals surface area contributed by atoms with E-state index in [2.05, 4.69) is 0 Å². The maximum absolute atomic E-state index is 10.6. The van der Waals surface area contributed by atoms with Crippen molar-refractivity contribution in [2.45, 2.75) is 38.0 Å². The van der Waals surface area contributed by atoms with E-state index in [1.54, 1.807) is 18.6 Å². The molecule has 2 atom stereocenters. The van der Waals surface area contributed by atoms with E-state index in [0.29, 0.717) is 12.8 Å². The summed E-state index contributed by atoms with van der Waals surface area (Å²) in [6, 6.07) is 9.84. The zero-order chi connectivity index (χ0) is 15.8. The Balaban J connectivity index is 1.80. The molecule has 0 spiro atoms. The topological polar surface area (TPSA) is 81.8 Å². The second kappa shape index (κ2) is 8.24. The molecule has 0 radical (unpaired) electrons. The van der Waals surface area contributed by atoms with Gasteiger partial charge in [-0.15, -0.1) is 0 Å². The van der Waals surface area contributed by atoms with Crippen LogP contribution in [0.15, 0.2) is 54.5 Å². The molecule has 0 amide bonds. The summed E-state index contributed by atoms with van der Waals surface area (Å²) in [4.78, 5) is 10.6. The van der Waals surface area contributed by atoms with Gasteiger partial charge in [0.2, 0.25) is 6.29 Å². The van der Waals surface area contributed by atoms with Crippen LogP contribution in [-0.4, -0.2) is 17.4 Å². The van der Waals surface area contributed by atoms with Gasteiger partial charge >= 0.3 is 5.97 Å². The summed E-state index contributed by atoms with van der Waals surface area (Å²) in [7, 11) is 0. The van der Waals surface area contributed by atoms with Gasteiger partial charge < -0.3 is 20.3 Å². The largest absolute Gasteiger partial charge is 0.481 e. The summed E-state index contributed by atoms with van der Waals surface area (Å²) in [5.41, 5.74) is 8.04. The molecule has 0 saturated heterocycles. The van der Waals surface area contributed by atoms with Crippen molar-refractivity contribution in [3.05, 3.63) is 60.1 Å². The van der Waals surface area contributed by atoms with Crippen LogP contribution in [0.4, 0.5) is 0 Å². The van der Waals surface area contributed by atoms with Crippen molar-refractivity contribution in [2.75, 3.05) is 0 Å². The molecule has 1 aromatic rings. The molecule has 0 fully saturated rings. The van der Waals surface area contributed by atoms with E-state index in [-0.39, 0.29) is 12.5 Å². The minimum Gasteiger partial charge on any atom is -0.481 e. The van der Waals surface area contributed by atoms with Gasteiger partial charge in [0.15, 0.2) is 0 Å². The van der Waals surface area contributed by atoms with Gasteiger partial charge in [0, 0.05) is 18.9 Å². The van der Waals surface area contributed by atoms with Crippen molar-refractivity contribution in [1.82, 2.24) is 0 Å². The van der Waals surface area contributed by atoms with Crippen LogP contribution in [-0.2, 0) is 14.3 Å². The molecule has 22 heavy (non-hydrogen) atoms. The van der Waals surface area contributed by atoms with Gasteiger partial charge in [0.25, 0.3) is 0 Å². The van der Waals surface area contributed by atoms with Crippen LogP contribution < -0.4 is 5.73 Å². The number of ether oxygens (including phenoxy) is 2. The van der Waals surface area contributed by atoms with E-state index in [4.69, 9.17) is 20.3 Å². The minimum atomic E-state index is -0.829. The third kappa shape index (κ3) is 5.26. The van der Waals surface area contributed by atoms with E-state index in [1.165, 1.54) is 0 Å². The number of hydrogen-bond donors (Lipinski definition) is 2. The predicted octanol–water partition coefficient (Wildman–Crippen LogP) is 3.10. The van der Waals surface area contributed by atoms with Gasteiger partial charge in [-0.1, -0.05) is 30.3 Å². The van der Waals surface area contributed by atoms with Crippen LogP contribution in [0.25, 0.3) is 0 Å². The monoisotopic (exact) mass is 303 g/mol. The summed E-state index contributed by atoms with van der Waals surface area (Å²) in [6.07, 6.45) is 6.36. The molecule has 0 aliphatic carbocycles. The van der Waals surface area contributed by atoms with Gasteiger partial charge in [-0.25, -0.2) is 0 Å². The maximum atomic E-state index is 10.6. The molecule has 0 saturated carbocycles. The second-order valence-corrected chi connectivity index (χ2v) is 5.19. The molecule has 2 rings (SSSR count). The van der Waals surface area contributed by atoms with E-state index in [1.807, 2.05) is 30.3 Å². The van der Waals surface area contributed by atoms with Gasteiger partial charge in [-0.05, 0) is 30.1 Å². The maximum Gasteiger partial charge on any atom is 0.303 e. The zero-order valence-electron chi connectivity index (χ0n) is 12.4. The third-order valence-electron chi connectivity index (χ3n) is 3.45. The molecule has 2 unspecified atom stereocenters. The Morgan fingerprint density at radius 1 is 1.27 bits per heavy atom. The summed E-state index contributed by atoms with van der Waals surface area (Å²) >= 11 is 0. The lowest BCUT2D eigenvalue weighted by Crippen LogP contribution is -2.16. The fourth-order valence-corrected chi connectivity index (χ4v) is 2.16. The van der Waals surface area contributed by atoms with Crippen LogP contribution in [0, 0.1) is 0 Å². The molecular formula is C17H21NO4. The van der Waals surface area contributed by atoms with Gasteiger partial charge in [0.05, 0.1) is 12.5 Å². The van der Waals surface area contributed by atoms with Crippen LogP contribution in [0.1, 0.15) is 37.3 Å². The number of allylic oxidation sites excluding steroid dienone is 2. The number of carboxylic acids is 1. The van der Waals surface area contributed by atoms with Crippen molar-refractivity contribution in [1.29, 1.82) is 0 Å².